The van der Waals surface area contributed by atoms with E-state index in [-0.39, 0.29) is 5.82 Å². The van der Waals surface area contributed by atoms with Crippen molar-refractivity contribution in [1.82, 2.24) is 14.9 Å². The standard InChI is InChI=1S/C19H26FN5/c1-21-19-22-12-17(18(23-19)24(2)3)15-7-9-25(10-8-15)13-14-5-4-6-16(20)11-14/h4-6,11-12,15H,7-10,13H2,1-3H3,(H,21,22,23). The molecule has 0 unspecified atom stereocenters. The van der Waals surface area contributed by atoms with Crippen molar-refractivity contribution < 1.29 is 4.39 Å². The first-order valence-electron chi connectivity index (χ1n) is 8.75. The summed E-state index contributed by atoms with van der Waals surface area (Å²) in [5.74, 6) is 1.94. The summed E-state index contributed by atoms with van der Waals surface area (Å²) in [5, 5.41) is 3.00. The monoisotopic (exact) mass is 343 g/mol. The predicted octanol–water partition coefficient (Wildman–Crippen LogP) is 3.10. The minimum atomic E-state index is -0.162. The fourth-order valence-electron chi connectivity index (χ4n) is 3.44. The van der Waals surface area contributed by atoms with E-state index >= 15 is 0 Å². The van der Waals surface area contributed by atoms with Crippen molar-refractivity contribution in [3.8, 4) is 0 Å². The van der Waals surface area contributed by atoms with E-state index in [4.69, 9.17) is 0 Å². The SMILES string of the molecule is CNc1ncc(C2CCN(Cc3cccc(F)c3)CC2)c(N(C)C)n1. The topological polar surface area (TPSA) is 44.3 Å². The van der Waals surface area contributed by atoms with Gasteiger partial charge in [0, 0.05) is 39.4 Å². The van der Waals surface area contributed by atoms with Gasteiger partial charge in [0.15, 0.2) is 0 Å². The normalized spacial score (nSPS) is 16.0. The summed E-state index contributed by atoms with van der Waals surface area (Å²) in [6.45, 7) is 2.81. The lowest BCUT2D eigenvalue weighted by Crippen LogP contribution is -2.33. The van der Waals surface area contributed by atoms with Gasteiger partial charge in [-0.1, -0.05) is 12.1 Å². The molecule has 1 aliphatic rings. The van der Waals surface area contributed by atoms with Crippen molar-refractivity contribution in [2.75, 3.05) is 44.4 Å². The van der Waals surface area contributed by atoms with E-state index in [1.165, 1.54) is 11.6 Å². The predicted molar refractivity (Wildman–Crippen MR) is 99.6 cm³/mol. The minimum Gasteiger partial charge on any atom is -0.362 e. The summed E-state index contributed by atoms with van der Waals surface area (Å²) in [6.07, 6.45) is 4.10. The van der Waals surface area contributed by atoms with Gasteiger partial charge in [0.05, 0.1) is 0 Å². The van der Waals surface area contributed by atoms with Gasteiger partial charge in [0.2, 0.25) is 5.95 Å². The Morgan fingerprint density at radius 2 is 2.04 bits per heavy atom. The van der Waals surface area contributed by atoms with E-state index in [0.29, 0.717) is 11.9 Å². The van der Waals surface area contributed by atoms with E-state index in [0.717, 1.165) is 43.9 Å². The van der Waals surface area contributed by atoms with Crippen molar-refractivity contribution in [1.29, 1.82) is 0 Å². The van der Waals surface area contributed by atoms with Crippen molar-refractivity contribution in [2.24, 2.45) is 0 Å². The van der Waals surface area contributed by atoms with Crippen LogP contribution in [0, 0.1) is 5.82 Å². The number of halogens is 1. The average Bonchev–Trinajstić information content (AvgIpc) is 2.62. The fourth-order valence-corrected chi connectivity index (χ4v) is 3.44. The van der Waals surface area contributed by atoms with Gasteiger partial charge in [-0.2, -0.15) is 4.98 Å². The van der Waals surface area contributed by atoms with Crippen LogP contribution in [0.4, 0.5) is 16.2 Å². The molecule has 0 amide bonds. The summed E-state index contributed by atoms with van der Waals surface area (Å²) in [7, 11) is 5.87. The highest BCUT2D eigenvalue weighted by Gasteiger charge is 2.24. The number of aromatic nitrogens is 2. The molecule has 1 fully saturated rings. The third-order valence-corrected chi connectivity index (χ3v) is 4.77. The first-order chi connectivity index (χ1) is 12.1. The van der Waals surface area contributed by atoms with Crippen LogP contribution in [0.2, 0.25) is 0 Å². The molecule has 0 spiro atoms. The van der Waals surface area contributed by atoms with Gasteiger partial charge in [-0.05, 0) is 49.5 Å². The second-order valence-corrected chi connectivity index (χ2v) is 6.80. The number of hydrogen-bond acceptors (Lipinski definition) is 5. The summed E-state index contributed by atoms with van der Waals surface area (Å²) < 4.78 is 13.3. The molecule has 6 heteroatoms. The molecule has 25 heavy (non-hydrogen) atoms. The number of hydrogen-bond donors (Lipinski definition) is 1. The van der Waals surface area contributed by atoms with Crippen LogP contribution in [-0.4, -0.2) is 49.1 Å². The Balaban J connectivity index is 1.66. The fraction of sp³-hybridized carbons (Fsp3) is 0.474. The molecule has 3 rings (SSSR count). The summed E-state index contributed by atoms with van der Waals surface area (Å²) in [6, 6.07) is 6.89. The van der Waals surface area contributed by atoms with Crippen LogP contribution in [0.1, 0.15) is 29.9 Å². The Morgan fingerprint density at radius 1 is 1.28 bits per heavy atom. The Kier molecular flexibility index (Phi) is 5.48. The Bertz CT molecular complexity index is 711. The number of rotatable bonds is 5. The van der Waals surface area contributed by atoms with E-state index in [2.05, 4.69) is 25.1 Å². The lowest BCUT2D eigenvalue weighted by Gasteiger charge is -2.33. The third kappa shape index (κ3) is 4.25. The Labute approximate surface area is 148 Å². The zero-order valence-corrected chi connectivity index (χ0v) is 15.2. The van der Waals surface area contributed by atoms with Crippen LogP contribution in [0.3, 0.4) is 0 Å². The van der Waals surface area contributed by atoms with Crippen molar-refractivity contribution >= 4 is 11.8 Å². The second-order valence-electron chi connectivity index (χ2n) is 6.80. The van der Waals surface area contributed by atoms with Gasteiger partial charge < -0.3 is 10.2 Å². The average molecular weight is 343 g/mol. The summed E-state index contributed by atoms with van der Waals surface area (Å²) >= 11 is 0. The molecule has 2 heterocycles. The largest absolute Gasteiger partial charge is 0.362 e. The van der Waals surface area contributed by atoms with Gasteiger partial charge in [0.25, 0.3) is 0 Å². The number of nitrogens with zero attached hydrogens (tertiary/aromatic N) is 4. The van der Waals surface area contributed by atoms with Gasteiger partial charge in [-0.3, -0.25) is 4.90 Å². The number of anilines is 2. The van der Waals surface area contributed by atoms with Gasteiger partial charge >= 0.3 is 0 Å². The molecular weight excluding hydrogens is 317 g/mol. The Morgan fingerprint density at radius 3 is 2.68 bits per heavy atom. The highest BCUT2D eigenvalue weighted by atomic mass is 19.1. The molecule has 0 aliphatic carbocycles. The lowest BCUT2D eigenvalue weighted by atomic mass is 9.90. The molecule has 1 saturated heterocycles. The van der Waals surface area contributed by atoms with Crippen LogP contribution in [0.25, 0.3) is 0 Å². The van der Waals surface area contributed by atoms with Gasteiger partial charge in [0.1, 0.15) is 11.6 Å². The number of nitrogens with one attached hydrogen (secondary N) is 1. The van der Waals surface area contributed by atoms with Crippen LogP contribution < -0.4 is 10.2 Å². The molecule has 0 radical (unpaired) electrons. The first kappa shape index (κ1) is 17.6. The number of likely N-dealkylation sites (tertiary alicyclic amines) is 1. The highest BCUT2D eigenvalue weighted by Crippen LogP contribution is 2.33. The van der Waals surface area contributed by atoms with Crippen LogP contribution in [0.15, 0.2) is 30.5 Å². The maximum Gasteiger partial charge on any atom is 0.224 e. The molecule has 0 atom stereocenters. The zero-order chi connectivity index (χ0) is 17.8. The third-order valence-electron chi connectivity index (χ3n) is 4.77. The highest BCUT2D eigenvalue weighted by molar-refractivity contribution is 5.50. The molecule has 5 nitrogen and oxygen atoms in total. The molecule has 1 aromatic heterocycles. The van der Waals surface area contributed by atoms with Crippen molar-refractivity contribution in [3.63, 3.8) is 0 Å². The molecule has 0 saturated carbocycles. The lowest BCUT2D eigenvalue weighted by molar-refractivity contribution is 0.204. The molecular formula is C19H26FN5. The van der Waals surface area contributed by atoms with E-state index in [1.807, 2.05) is 33.4 Å². The molecule has 0 bridgehead atoms. The van der Waals surface area contributed by atoms with E-state index < -0.39 is 0 Å². The molecule has 1 N–H and O–H groups in total. The van der Waals surface area contributed by atoms with Gasteiger partial charge in [-0.25, -0.2) is 9.37 Å². The first-order valence-corrected chi connectivity index (χ1v) is 8.75. The second kappa shape index (κ2) is 7.78. The zero-order valence-electron chi connectivity index (χ0n) is 15.2. The smallest absolute Gasteiger partial charge is 0.224 e. The van der Waals surface area contributed by atoms with Crippen molar-refractivity contribution in [3.05, 3.63) is 47.4 Å². The number of benzene rings is 1. The maximum atomic E-state index is 13.3. The maximum absolute atomic E-state index is 13.3. The van der Waals surface area contributed by atoms with Crippen LogP contribution in [-0.2, 0) is 6.54 Å². The van der Waals surface area contributed by atoms with Crippen LogP contribution in [0.5, 0.6) is 0 Å². The van der Waals surface area contributed by atoms with E-state index in [1.54, 1.807) is 12.1 Å². The molecule has 2 aromatic rings. The molecule has 1 aliphatic heterocycles. The summed E-state index contributed by atoms with van der Waals surface area (Å²) in [5.41, 5.74) is 2.25. The Hall–Kier alpha value is -2.21. The van der Waals surface area contributed by atoms with Crippen molar-refractivity contribution in [2.45, 2.75) is 25.3 Å². The van der Waals surface area contributed by atoms with Gasteiger partial charge in [-0.15, -0.1) is 0 Å². The number of piperidine rings is 1. The minimum absolute atomic E-state index is 0.162. The molecule has 1 aromatic carbocycles. The summed E-state index contributed by atoms with van der Waals surface area (Å²) in [4.78, 5) is 13.5. The molecule has 134 valence electrons. The van der Waals surface area contributed by atoms with Crippen LogP contribution >= 0.6 is 0 Å². The quantitative estimate of drug-likeness (QED) is 0.904. The van der Waals surface area contributed by atoms with E-state index in [9.17, 15) is 4.39 Å².